The number of fused-ring (bicyclic) bond motifs is 1. The van der Waals surface area contributed by atoms with Crippen LogP contribution in [0, 0.1) is 0 Å². The van der Waals surface area contributed by atoms with Crippen LogP contribution in [0.5, 0.6) is 0 Å². The van der Waals surface area contributed by atoms with Crippen LogP contribution in [0.2, 0.25) is 5.02 Å². The highest BCUT2D eigenvalue weighted by atomic mass is 35.5. The highest BCUT2D eigenvalue weighted by molar-refractivity contribution is 6.33. The number of amides is 1. The quantitative estimate of drug-likeness (QED) is 0.309. The topological polar surface area (TPSA) is 83.1 Å². The first-order valence-electron chi connectivity index (χ1n) is 12.2. The summed E-state index contributed by atoms with van der Waals surface area (Å²) in [6.07, 6.45) is 3.25. The monoisotopic (exact) mass is 503 g/mol. The molecule has 2 N–H and O–H groups in total. The number of para-hydroxylation sites is 1. The van der Waals surface area contributed by atoms with Crippen molar-refractivity contribution in [2.75, 3.05) is 18.4 Å². The first-order chi connectivity index (χ1) is 17.3. The lowest BCUT2D eigenvalue weighted by Crippen LogP contribution is -2.41. The number of anilines is 2. The number of ether oxygens (including phenoxy) is 1. The smallest absolute Gasteiger partial charge is 0.410 e. The molecule has 7 nitrogen and oxygen atoms in total. The van der Waals surface area contributed by atoms with E-state index in [1.807, 2.05) is 69.3 Å². The van der Waals surface area contributed by atoms with Crippen molar-refractivity contribution < 1.29 is 9.53 Å². The predicted molar refractivity (Wildman–Crippen MR) is 144 cm³/mol. The molecule has 36 heavy (non-hydrogen) atoms. The summed E-state index contributed by atoms with van der Waals surface area (Å²) in [6.45, 7) is 7.00. The zero-order valence-corrected chi connectivity index (χ0v) is 21.5. The molecule has 1 aliphatic rings. The Kier molecular flexibility index (Phi) is 6.58. The second-order valence-corrected chi connectivity index (χ2v) is 10.5. The van der Waals surface area contributed by atoms with Gasteiger partial charge in [-0.15, -0.1) is 0 Å². The van der Waals surface area contributed by atoms with Gasteiger partial charge in [-0.1, -0.05) is 29.8 Å². The van der Waals surface area contributed by atoms with Gasteiger partial charge in [0.15, 0.2) is 0 Å². The largest absolute Gasteiger partial charge is 0.444 e. The van der Waals surface area contributed by atoms with Crippen molar-refractivity contribution in [3.63, 3.8) is 0 Å². The summed E-state index contributed by atoms with van der Waals surface area (Å²) in [5, 5.41) is 4.90. The van der Waals surface area contributed by atoms with Crippen LogP contribution in [0.15, 0.2) is 60.8 Å². The van der Waals surface area contributed by atoms with E-state index in [4.69, 9.17) is 21.3 Å². The molecule has 4 aromatic rings. The van der Waals surface area contributed by atoms with Gasteiger partial charge in [0.2, 0.25) is 0 Å². The Bertz CT molecular complexity index is 1370. The predicted octanol–water partition coefficient (Wildman–Crippen LogP) is 7.14. The number of rotatable bonds is 4. The van der Waals surface area contributed by atoms with E-state index < -0.39 is 5.60 Å². The van der Waals surface area contributed by atoms with Gasteiger partial charge in [-0.3, -0.25) is 0 Å². The molecule has 0 atom stereocenters. The number of aromatic nitrogens is 3. The summed E-state index contributed by atoms with van der Waals surface area (Å²) in [5.74, 6) is 1.02. The van der Waals surface area contributed by atoms with E-state index in [2.05, 4.69) is 21.4 Å². The summed E-state index contributed by atoms with van der Waals surface area (Å²) < 4.78 is 5.53. The Morgan fingerprint density at radius 1 is 1.11 bits per heavy atom. The van der Waals surface area contributed by atoms with Crippen LogP contribution in [0.3, 0.4) is 0 Å². The fourth-order valence-corrected chi connectivity index (χ4v) is 4.75. The number of likely N-dealkylation sites (tertiary alicyclic amines) is 1. The van der Waals surface area contributed by atoms with Gasteiger partial charge in [-0.2, -0.15) is 0 Å². The number of nitrogens with zero attached hydrogens (tertiary/aromatic N) is 3. The van der Waals surface area contributed by atoms with E-state index in [1.54, 1.807) is 11.1 Å². The Morgan fingerprint density at radius 2 is 1.86 bits per heavy atom. The van der Waals surface area contributed by atoms with E-state index in [0.717, 1.165) is 46.6 Å². The molecule has 0 radical (unpaired) electrons. The maximum Gasteiger partial charge on any atom is 0.410 e. The van der Waals surface area contributed by atoms with Crippen LogP contribution in [0.4, 0.5) is 16.3 Å². The highest BCUT2D eigenvalue weighted by Gasteiger charge is 2.28. The van der Waals surface area contributed by atoms with Crippen molar-refractivity contribution in [2.45, 2.75) is 45.1 Å². The Labute approximate surface area is 215 Å². The minimum absolute atomic E-state index is 0.244. The lowest BCUT2D eigenvalue weighted by atomic mass is 9.93. The van der Waals surface area contributed by atoms with Crippen molar-refractivity contribution in [3.8, 4) is 11.3 Å². The Balaban J connectivity index is 1.38. The van der Waals surface area contributed by atoms with Crippen LogP contribution < -0.4 is 5.32 Å². The molecule has 0 unspecified atom stereocenters. The van der Waals surface area contributed by atoms with Gasteiger partial charge in [0.1, 0.15) is 17.1 Å². The average Bonchev–Trinajstić information content (AvgIpc) is 3.30. The average molecular weight is 504 g/mol. The van der Waals surface area contributed by atoms with Crippen molar-refractivity contribution in [1.29, 1.82) is 0 Å². The van der Waals surface area contributed by atoms with Crippen molar-refractivity contribution in [2.24, 2.45) is 0 Å². The molecule has 1 fully saturated rings. The fraction of sp³-hybridized carbons (Fsp3) is 0.321. The molecule has 1 amide bonds. The molecule has 186 valence electrons. The summed E-state index contributed by atoms with van der Waals surface area (Å²) in [7, 11) is 0. The Hall–Kier alpha value is -3.58. The maximum absolute atomic E-state index is 12.4. The first kappa shape index (κ1) is 24.1. The van der Waals surface area contributed by atoms with Crippen molar-refractivity contribution in [3.05, 3.63) is 71.5 Å². The number of piperidine rings is 1. The van der Waals surface area contributed by atoms with Gasteiger partial charge >= 0.3 is 6.09 Å². The molecule has 0 aliphatic carbocycles. The second kappa shape index (κ2) is 9.82. The fourth-order valence-electron chi connectivity index (χ4n) is 4.54. The molecule has 0 saturated carbocycles. The molecule has 3 aromatic heterocycles. The molecule has 1 aromatic carbocycles. The number of hydrogen-bond donors (Lipinski definition) is 2. The number of halogens is 1. The van der Waals surface area contributed by atoms with Gasteiger partial charge in [0.05, 0.1) is 10.7 Å². The van der Waals surface area contributed by atoms with E-state index in [1.165, 1.54) is 0 Å². The molecule has 1 aliphatic heterocycles. The number of aromatic amines is 1. The van der Waals surface area contributed by atoms with E-state index >= 15 is 0 Å². The summed E-state index contributed by atoms with van der Waals surface area (Å²) in [6, 6.07) is 17.8. The molecule has 4 heterocycles. The van der Waals surface area contributed by atoms with Gasteiger partial charge in [0.25, 0.3) is 0 Å². The molecule has 5 rings (SSSR count). The molecular weight excluding hydrogens is 474 g/mol. The number of hydrogen-bond acceptors (Lipinski definition) is 5. The minimum atomic E-state index is -0.490. The van der Waals surface area contributed by atoms with Crippen LogP contribution >= 0.6 is 11.6 Å². The van der Waals surface area contributed by atoms with Crippen LogP contribution in [0.25, 0.3) is 22.3 Å². The third-order valence-electron chi connectivity index (χ3n) is 6.29. The zero-order chi connectivity index (χ0) is 25.3. The van der Waals surface area contributed by atoms with Crippen molar-refractivity contribution >= 4 is 40.2 Å². The lowest BCUT2D eigenvalue weighted by molar-refractivity contribution is 0.0204. The van der Waals surface area contributed by atoms with E-state index in [-0.39, 0.29) is 6.09 Å². The third-order valence-corrected chi connectivity index (χ3v) is 6.59. The number of nitrogens with one attached hydrogen (secondary N) is 2. The number of pyridine rings is 2. The SMILES string of the molecule is CC(C)(C)OC(=O)N1CCC(c2cc3c(-c4nc(Nc5ccccc5)ccc4Cl)ccnc3[nH]2)CC1. The van der Waals surface area contributed by atoms with Crippen molar-refractivity contribution in [1.82, 2.24) is 19.9 Å². The van der Waals surface area contributed by atoms with E-state index in [9.17, 15) is 4.79 Å². The first-order valence-corrected chi connectivity index (χ1v) is 12.6. The molecule has 0 bridgehead atoms. The standard InChI is InChI=1S/C28H30ClN5O2/c1-28(2,3)36-27(35)34-15-12-18(13-16-34)23-17-21-20(11-14-30-26(21)32-23)25-22(29)9-10-24(33-25)31-19-7-5-4-6-8-19/h4-11,14,17-18H,12-13,15-16H2,1-3H3,(H,30,32)(H,31,33). The molecule has 1 saturated heterocycles. The van der Waals surface area contributed by atoms with Crippen LogP contribution in [0.1, 0.15) is 45.2 Å². The van der Waals surface area contributed by atoms with Crippen LogP contribution in [-0.4, -0.2) is 44.6 Å². The number of carbonyl (C=O) groups excluding carboxylic acids is 1. The minimum Gasteiger partial charge on any atom is -0.444 e. The number of carbonyl (C=O) groups is 1. The van der Waals surface area contributed by atoms with Crippen LogP contribution in [-0.2, 0) is 4.74 Å². The van der Waals surface area contributed by atoms with Gasteiger partial charge < -0.3 is 19.9 Å². The Morgan fingerprint density at radius 3 is 2.58 bits per heavy atom. The molecule has 0 spiro atoms. The van der Waals surface area contributed by atoms with Gasteiger partial charge in [0, 0.05) is 47.5 Å². The summed E-state index contributed by atoms with van der Waals surface area (Å²) >= 11 is 6.61. The third kappa shape index (κ3) is 5.31. The zero-order valence-electron chi connectivity index (χ0n) is 20.7. The maximum atomic E-state index is 12.4. The summed E-state index contributed by atoms with van der Waals surface area (Å²) in [4.78, 5) is 27.1. The van der Waals surface area contributed by atoms with Gasteiger partial charge in [-0.05, 0) is 70.0 Å². The van der Waals surface area contributed by atoms with Gasteiger partial charge in [-0.25, -0.2) is 14.8 Å². The lowest BCUT2D eigenvalue weighted by Gasteiger charge is -2.33. The summed E-state index contributed by atoms with van der Waals surface area (Å²) in [5.41, 5.74) is 4.02. The normalized spacial score (nSPS) is 14.7. The molecule has 8 heteroatoms. The second-order valence-electron chi connectivity index (χ2n) is 10.1. The molecular formula is C28H30ClN5O2. The highest BCUT2D eigenvalue weighted by Crippen LogP contribution is 2.36. The number of benzene rings is 1. The van der Waals surface area contributed by atoms with E-state index in [0.29, 0.717) is 29.7 Å². The number of H-pyrrole nitrogens is 1.